The van der Waals surface area contributed by atoms with Gasteiger partial charge < -0.3 is 5.11 Å². The minimum Gasteiger partial charge on any atom is -0.508 e. The van der Waals surface area contributed by atoms with Crippen molar-refractivity contribution in [1.82, 2.24) is 5.53 Å². The summed E-state index contributed by atoms with van der Waals surface area (Å²) in [5.74, 6) is -0.181. The van der Waals surface area contributed by atoms with Gasteiger partial charge in [0.05, 0.1) is 11.4 Å². The first-order valence-electron chi connectivity index (χ1n) is 5.67. The van der Waals surface area contributed by atoms with Gasteiger partial charge in [0.1, 0.15) is 17.9 Å². The van der Waals surface area contributed by atoms with E-state index in [0.29, 0.717) is 11.4 Å². The third-order valence-corrected chi connectivity index (χ3v) is 2.68. The monoisotopic (exact) mass is 258 g/mol. The molecular weight excluding hydrogens is 247 g/mol. The van der Waals surface area contributed by atoms with Gasteiger partial charge in [-0.1, -0.05) is 12.1 Å². The Kier molecular flexibility index (Phi) is 2.68. The summed E-state index contributed by atoms with van der Waals surface area (Å²) in [6.07, 6.45) is 1.54. The first-order chi connectivity index (χ1) is 9.24. The van der Waals surface area contributed by atoms with Crippen LogP contribution in [0.1, 0.15) is 0 Å². The molecule has 0 saturated carbocycles. The van der Waals surface area contributed by atoms with Gasteiger partial charge in [0.15, 0.2) is 0 Å². The number of phenols is 1. The minimum absolute atomic E-state index is 0.150. The predicted molar refractivity (Wildman–Crippen MR) is 71.1 cm³/mol. The predicted octanol–water partition coefficient (Wildman–Crippen LogP) is 2.22. The first kappa shape index (κ1) is 11.3. The van der Waals surface area contributed by atoms with Gasteiger partial charge in [-0.3, -0.25) is 0 Å². The van der Waals surface area contributed by atoms with E-state index in [1.54, 1.807) is 46.8 Å². The number of hydrogen-bond donors (Lipinski definition) is 2. The molecule has 0 bridgehead atoms. The molecule has 0 atom stereocenters. The normalized spacial score (nSPS) is 13.7. The number of hydrogen-bond acceptors (Lipinski definition) is 5. The number of anilines is 2. The van der Waals surface area contributed by atoms with Crippen molar-refractivity contribution in [3.63, 3.8) is 0 Å². The summed E-state index contributed by atoms with van der Waals surface area (Å²) < 4.78 is 13.3. The van der Waals surface area contributed by atoms with Gasteiger partial charge in [0.25, 0.3) is 0 Å². The SMILES string of the molecule is Oc1cccc(N2C=NNN2c2cccc(F)c2)c1. The maximum Gasteiger partial charge on any atom is 0.139 e. The van der Waals surface area contributed by atoms with Crippen LogP contribution >= 0.6 is 0 Å². The van der Waals surface area contributed by atoms with Crippen molar-refractivity contribution < 1.29 is 9.50 Å². The van der Waals surface area contributed by atoms with Gasteiger partial charge >= 0.3 is 0 Å². The molecule has 1 heterocycles. The molecule has 19 heavy (non-hydrogen) atoms. The molecule has 5 nitrogen and oxygen atoms in total. The molecule has 0 radical (unpaired) electrons. The van der Waals surface area contributed by atoms with Crippen LogP contribution in [0.25, 0.3) is 0 Å². The number of hydrazone groups is 1. The molecule has 0 saturated heterocycles. The molecule has 6 heteroatoms. The largest absolute Gasteiger partial charge is 0.508 e. The van der Waals surface area contributed by atoms with E-state index >= 15 is 0 Å². The van der Waals surface area contributed by atoms with Gasteiger partial charge in [0.2, 0.25) is 0 Å². The highest BCUT2D eigenvalue weighted by Gasteiger charge is 2.20. The second-order valence-electron chi connectivity index (χ2n) is 4.00. The Balaban J connectivity index is 1.95. The molecule has 96 valence electrons. The number of aromatic hydroxyl groups is 1. The lowest BCUT2D eigenvalue weighted by molar-refractivity contribution is 0.475. The Morgan fingerprint density at radius 1 is 1.05 bits per heavy atom. The van der Waals surface area contributed by atoms with Crippen LogP contribution in [0, 0.1) is 5.82 Å². The highest BCUT2D eigenvalue weighted by molar-refractivity contribution is 5.85. The van der Waals surface area contributed by atoms with Crippen LogP contribution in [0.2, 0.25) is 0 Å². The van der Waals surface area contributed by atoms with E-state index in [-0.39, 0.29) is 11.6 Å². The van der Waals surface area contributed by atoms with E-state index in [1.165, 1.54) is 12.1 Å². The summed E-state index contributed by atoms with van der Waals surface area (Å²) in [7, 11) is 0. The van der Waals surface area contributed by atoms with Crippen molar-refractivity contribution in [1.29, 1.82) is 0 Å². The number of nitrogens with zero attached hydrogens (tertiary/aromatic N) is 3. The Hall–Kier alpha value is -2.76. The molecule has 3 rings (SSSR count). The molecule has 1 aliphatic rings. The van der Waals surface area contributed by atoms with Crippen molar-refractivity contribution in [2.24, 2.45) is 5.10 Å². The van der Waals surface area contributed by atoms with Gasteiger partial charge in [-0.05, 0) is 24.3 Å². The number of rotatable bonds is 2. The lowest BCUT2D eigenvalue weighted by Gasteiger charge is -2.28. The summed E-state index contributed by atoms with van der Waals surface area (Å²) in [6.45, 7) is 0. The molecule has 0 spiro atoms. The summed E-state index contributed by atoms with van der Waals surface area (Å²) in [5, 5.41) is 16.7. The average molecular weight is 258 g/mol. The second-order valence-corrected chi connectivity index (χ2v) is 4.00. The van der Waals surface area contributed by atoms with Crippen molar-refractivity contribution in [2.45, 2.75) is 0 Å². The molecule has 2 N–H and O–H groups in total. The lowest BCUT2D eigenvalue weighted by Crippen LogP contribution is -2.43. The number of hydrazine groups is 2. The second kappa shape index (κ2) is 4.49. The zero-order valence-corrected chi connectivity index (χ0v) is 9.86. The Morgan fingerprint density at radius 2 is 1.84 bits per heavy atom. The summed E-state index contributed by atoms with van der Waals surface area (Å²) in [4.78, 5) is 0. The van der Waals surface area contributed by atoms with E-state index in [0.717, 1.165) is 0 Å². The van der Waals surface area contributed by atoms with Crippen LogP contribution < -0.4 is 15.7 Å². The van der Waals surface area contributed by atoms with Crippen LogP contribution in [0.3, 0.4) is 0 Å². The molecule has 0 aliphatic carbocycles. The molecule has 0 aromatic heterocycles. The van der Waals surface area contributed by atoms with Gasteiger partial charge in [0, 0.05) is 12.1 Å². The van der Waals surface area contributed by atoms with Crippen molar-refractivity contribution in [2.75, 3.05) is 10.1 Å². The van der Waals surface area contributed by atoms with Gasteiger partial charge in [-0.15, -0.1) is 5.10 Å². The summed E-state index contributed by atoms with van der Waals surface area (Å²) in [6, 6.07) is 12.8. The molecule has 0 unspecified atom stereocenters. The number of phenolic OH excluding ortho intramolecular Hbond substituents is 1. The van der Waals surface area contributed by atoms with E-state index in [1.807, 2.05) is 6.07 Å². The van der Waals surface area contributed by atoms with Crippen LogP contribution in [0.5, 0.6) is 5.75 Å². The fraction of sp³-hybridized carbons (Fsp3) is 0. The van der Waals surface area contributed by atoms with Gasteiger partial charge in [-0.25, -0.2) is 9.40 Å². The molecule has 0 amide bonds. The van der Waals surface area contributed by atoms with E-state index < -0.39 is 0 Å². The van der Waals surface area contributed by atoms with Crippen molar-refractivity contribution >= 4 is 17.7 Å². The molecule has 0 fully saturated rings. The number of nitrogens with one attached hydrogen (secondary N) is 1. The maximum absolute atomic E-state index is 13.3. The highest BCUT2D eigenvalue weighted by Crippen LogP contribution is 2.25. The third-order valence-electron chi connectivity index (χ3n) is 2.68. The van der Waals surface area contributed by atoms with E-state index in [2.05, 4.69) is 10.6 Å². The first-order valence-corrected chi connectivity index (χ1v) is 5.67. The fourth-order valence-electron chi connectivity index (χ4n) is 1.84. The average Bonchev–Trinajstić information content (AvgIpc) is 2.88. The Bertz CT molecular complexity index is 632. The highest BCUT2D eigenvalue weighted by atomic mass is 19.1. The Labute approximate surface area is 109 Å². The topological polar surface area (TPSA) is 51.1 Å². The molecule has 2 aromatic rings. The zero-order chi connectivity index (χ0) is 13.2. The van der Waals surface area contributed by atoms with Crippen LogP contribution in [-0.2, 0) is 0 Å². The number of benzene rings is 2. The standard InChI is InChI=1S/C13H11FN4O/c14-10-3-1-5-12(7-10)18-16-15-9-17(18)11-4-2-6-13(19)8-11/h1-9,16,19H. The summed E-state index contributed by atoms with van der Waals surface area (Å²) >= 11 is 0. The smallest absolute Gasteiger partial charge is 0.139 e. The van der Waals surface area contributed by atoms with Crippen LogP contribution in [0.4, 0.5) is 15.8 Å². The van der Waals surface area contributed by atoms with Crippen LogP contribution in [0.15, 0.2) is 53.6 Å². The van der Waals surface area contributed by atoms with Crippen molar-refractivity contribution in [3.05, 3.63) is 54.3 Å². The maximum atomic E-state index is 13.3. The van der Waals surface area contributed by atoms with E-state index in [4.69, 9.17) is 0 Å². The Morgan fingerprint density at radius 3 is 2.63 bits per heavy atom. The minimum atomic E-state index is -0.331. The zero-order valence-electron chi connectivity index (χ0n) is 9.86. The molecular formula is C13H11FN4O. The molecule has 1 aliphatic heterocycles. The van der Waals surface area contributed by atoms with E-state index in [9.17, 15) is 9.50 Å². The fourth-order valence-corrected chi connectivity index (χ4v) is 1.84. The quantitative estimate of drug-likeness (QED) is 0.867. The van der Waals surface area contributed by atoms with Gasteiger partial charge in [-0.2, -0.15) is 10.7 Å². The lowest BCUT2D eigenvalue weighted by atomic mass is 10.3. The van der Waals surface area contributed by atoms with Crippen molar-refractivity contribution in [3.8, 4) is 5.75 Å². The molecule has 2 aromatic carbocycles. The number of halogens is 1. The van der Waals surface area contributed by atoms with Crippen LogP contribution in [-0.4, -0.2) is 11.4 Å². The summed E-state index contributed by atoms with van der Waals surface area (Å²) in [5.41, 5.74) is 4.05. The third kappa shape index (κ3) is 2.15.